The molecule has 1 aromatic carbocycles. The van der Waals surface area contributed by atoms with Gasteiger partial charge in [0.1, 0.15) is 5.54 Å². The van der Waals surface area contributed by atoms with Crippen molar-refractivity contribution in [2.75, 3.05) is 53.0 Å². The lowest BCUT2D eigenvalue weighted by molar-refractivity contribution is -0.142. The smallest absolute Gasteiger partial charge is 0.410 e. The van der Waals surface area contributed by atoms with Gasteiger partial charge in [-0.3, -0.25) is 14.5 Å². The number of ketones is 1. The van der Waals surface area contributed by atoms with Crippen LogP contribution in [-0.4, -0.2) is 86.2 Å². The third-order valence-electron chi connectivity index (χ3n) is 9.10. The third kappa shape index (κ3) is 5.17. The summed E-state index contributed by atoms with van der Waals surface area (Å²) in [5.41, 5.74) is -0.531. The second-order valence-electron chi connectivity index (χ2n) is 11.6. The Bertz CT molecular complexity index is 1080. The highest BCUT2D eigenvalue weighted by Crippen LogP contribution is 2.47. The lowest BCUT2D eigenvalue weighted by Crippen LogP contribution is -2.62. The summed E-state index contributed by atoms with van der Waals surface area (Å²) in [5.74, 6) is -0.225. The number of hydrogen-bond acceptors (Lipinski definition) is 6. The first-order valence-electron chi connectivity index (χ1n) is 13.6. The minimum absolute atomic E-state index is 0.00644. The van der Waals surface area contributed by atoms with Crippen molar-refractivity contribution >= 4 is 41.0 Å². The van der Waals surface area contributed by atoms with Gasteiger partial charge in [-0.25, -0.2) is 4.79 Å². The topological polar surface area (TPSA) is 88.2 Å². The molecule has 1 aromatic rings. The minimum atomic E-state index is -1.15. The van der Waals surface area contributed by atoms with Crippen molar-refractivity contribution in [1.29, 1.82) is 0 Å². The number of likely N-dealkylation sites (tertiary alicyclic amines) is 1. The Kier molecular flexibility index (Phi) is 7.98. The summed E-state index contributed by atoms with van der Waals surface area (Å²) in [6.45, 7) is 5.46. The molecule has 3 heterocycles. The molecule has 1 saturated carbocycles. The SMILES string of the molecule is CN(C(=O)OC[C@@H]1CCOC1)[C@@]1(C(=O)C2CCN(C(=O)C3(C)CC3)CC2)CNC[C@@H]1c1ccc(Cl)c(Cl)c1. The second-order valence-corrected chi connectivity index (χ2v) is 12.5. The molecule has 0 radical (unpaired) electrons. The van der Waals surface area contributed by atoms with Gasteiger partial charge in [0.15, 0.2) is 5.78 Å². The first kappa shape index (κ1) is 27.7. The molecule has 8 nitrogen and oxygen atoms in total. The van der Waals surface area contributed by atoms with Crippen LogP contribution in [0.2, 0.25) is 10.0 Å². The summed E-state index contributed by atoms with van der Waals surface area (Å²) in [7, 11) is 1.66. The molecule has 208 valence electrons. The van der Waals surface area contributed by atoms with E-state index in [9.17, 15) is 14.4 Å². The average molecular weight is 567 g/mol. The number of halogens is 2. The number of benzene rings is 1. The van der Waals surface area contributed by atoms with Gasteiger partial charge < -0.3 is 19.7 Å². The molecule has 10 heteroatoms. The van der Waals surface area contributed by atoms with E-state index in [1.54, 1.807) is 19.2 Å². The molecule has 0 unspecified atom stereocenters. The Morgan fingerprint density at radius 3 is 2.53 bits per heavy atom. The van der Waals surface area contributed by atoms with Crippen LogP contribution in [-0.2, 0) is 19.1 Å². The summed E-state index contributed by atoms with van der Waals surface area (Å²) in [5, 5.41) is 4.22. The number of nitrogens with one attached hydrogen (secondary N) is 1. The Morgan fingerprint density at radius 2 is 1.89 bits per heavy atom. The molecule has 1 N–H and O–H groups in total. The normalized spacial score (nSPS) is 28.8. The Morgan fingerprint density at radius 1 is 1.16 bits per heavy atom. The maximum absolute atomic E-state index is 14.5. The monoisotopic (exact) mass is 565 g/mol. The van der Waals surface area contributed by atoms with Crippen LogP contribution in [0.5, 0.6) is 0 Å². The van der Waals surface area contributed by atoms with Gasteiger partial charge in [0, 0.05) is 63.0 Å². The van der Waals surface area contributed by atoms with Crippen molar-refractivity contribution < 1.29 is 23.9 Å². The zero-order valence-electron chi connectivity index (χ0n) is 22.1. The highest BCUT2D eigenvalue weighted by atomic mass is 35.5. The summed E-state index contributed by atoms with van der Waals surface area (Å²) < 4.78 is 11.1. The predicted molar refractivity (Wildman–Crippen MR) is 144 cm³/mol. The lowest BCUT2D eigenvalue weighted by Gasteiger charge is -2.44. The molecule has 3 atom stereocenters. The van der Waals surface area contributed by atoms with Crippen LogP contribution in [0, 0.1) is 17.3 Å². The average Bonchev–Trinajstić information content (AvgIpc) is 3.30. The fourth-order valence-electron chi connectivity index (χ4n) is 6.24. The van der Waals surface area contributed by atoms with Crippen LogP contribution in [0.4, 0.5) is 4.79 Å². The Hall–Kier alpha value is -1.87. The molecule has 3 aliphatic heterocycles. The Labute approximate surface area is 234 Å². The molecule has 0 spiro atoms. The first-order valence-corrected chi connectivity index (χ1v) is 14.4. The quantitative estimate of drug-likeness (QED) is 0.534. The summed E-state index contributed by atoms with van der Waals surface area (Å²) >= 11 is 12.6. The second kappa shape index (κ2) is 11.0. The number of Topliss-reactive ketones (excluding diaryl/α,β-unsaturated/α-hetero) is 1. The van der Waals surface area contributed by atoms with Crippen LogP contribution >= 0.6 is 23.2 Å². The van der Waals surface area contributed by atoms with E-state index >= 15 is 0 Å². The van der Waals surface area contributed by atoms with Crippen LogP contribution in [0.25, 0.3) is 0 Å². The molecule has 0 aromatic heterocycles. The zero-order valence-corrected chi connectivity index (χ0v) is 23.7. The van der Waals surface area contributed by atoms with Crippen LogP contribution in [0.3, 0.4) is 0 Å². The van der Waals surface area contributed by atoms with Crippen molar-refractivity contribution in [1.82, 2.24) is 15.1 Å². The van der Waals surface area contributed by atoms with E-state index in [-0.39, 0.29) is 41.5 Å². The van der Waals surface area contributed by atoms with Crippen LogP contribution in [0.1, 0.15) is 50.5 Å². The molecule has 1 aliphatic carbocycles. The summed E-state index contributed by atoms with van der Waals surface area (Å²) in [6, 6.07) is 5.39. The van der Waals surface area contributed by atoms with Gasteiger partial charge in [-0.2, -0.15) is 0 Å². The number of nitrogens with zero attached hydrogens (tertiary/aromatic N) is 2. The zero-order chi connectivity index (χ0) is 27.1. The number of piperidine rings is 1. The number of hydrogen-bond donors (Lipinski definition) is 1. The van der Waals surface area contributed by atoms with Gasteiger partial charge in [-0.05, 0) is 49.8 Å². The number of carbonyl (C=O) groups is 3. The molecule has 0 bridgehead atoms. The standard InChI is InChI=1S/C28H37Cl2N3O5/c1-27(8-9-27)25(35)33-10-5-19(6-11-33)24(34)28(32(2)26(36)38-16-18-7-12-37-15-18)17-31-14-21(28)20-3-4-22(29)23(30)13-20/h3-4,13,18-19,21,31H,5-12,14-17H2,1-2H3/t18-,21-,28+/m1/s1. The van der Waals surface area contributed by atoms with Gasteiger partial charge in [0.2, 0.25) is 5.91 Å². The molecular formula is C28H37Cl2N3O5. The molecule has 3 saturated heterocycles. The van der Waals surface area contributed by atoms with E-state index < -0.39 is 11.6 Å². The van der Waals surface area contributed by atoms with Crippen LogP contribution < -0.4 is 5.32 Å². The van der Waals surface area contributed by atoms with Gasteiger partial charge in [-0.1, -0.05) is 36.2 Å². The van der Waals surface area contributed by atoms with Crippen molar-refractivity contribution in [2.45, 2.75) is 50.5 Å². The maximum Gasteiger partial charge on any atom is 0.410 e. The molecule has 5 rings (SSSR count). The summed E-state index contributed by atoms with van der Waals surface area (Å²) in [4.78, 5) is 44.2. The van der Waals surface area contributed by atoms with Gasteiger partial charge in [-0.15, -0.1) is 0 Å². The number of rotatable bonds is 7. The van der Waals surface area contributed by atoms with E-state index in [0.717, 1.165) is 24.8 Å². The largest absolute Gasteiger partial charge is 0.449 e. The van der Waals surface area contributed by atoms with E-state index in [1.807, 2.05) is 17.9 Å². The number of ether oxygens (including phenoxy) is 2. The molecule has 4 fully saturated rings. The minimum Gasteiger partial charge on any atom is -0.449 e. The number of carbonyl (C=O) groups excluding carboxylic acids is 3. The van der Waals surface area contributed by atoms with E-state index in [0.29, 0.717) is 62.3 Å². The molecule has 38 heavy (non-hydrogen) atoms. The van der Waals surface area contributed by atoms with Gasteiger partial charge in [0.05, 0.1) is 23.3 Å². The lowest BCUT2D eigenvalue weighted by atomic mass is 9.72. The van der Waals surface area contributed by atoms with Crippen molar-refractivity contribution in [3.63, 3.8) is 0 Å². The van der Waals surface area contributed by atoms with E-state index in [1.165, 1.54) is 4.90 Å². The summed E-state index contributed by atoms with van der Waals surface area (Å²) in [6.07, 6.45) is 3.37. The van der Waals surface area contributed by atoms with Gasteiger partial charge >= 0.3 is 6.09 Å². The highest BCUT2D eigenvalue weighted by Gasteiger charge is 2.57. The Balaban J connectivity index is 1.39. The maximum atomic E-state index is 14.5. The molecule has 2 amide bonds. The van der Waals surface area contributed by atoms with Crippen molar-refractivity contribution in [3.8, 4) is 0 Å². The van der Waals surface area contributed by atoms with E-state index in [2.05, 4.69) is 5.32 Å². The van der Waals surface area contributed by atoms with Crippen molar-refractivity contribution in [2.24, 2.45) is 17.3 Å². The predicted octanol–water partition coefficient (Wildman–Crippen LogP) is 4.13. The molecule has 4 aliphatic rings. The fourth-order valence-corrected chi connectivity index (χ4v) is 6.55. The van der Waals surface area contributed by atoms with E-state index in [4.69, 9.17) is 32.7 Å². The third-order valence-corrected chi connectivity index (χ3v) is 9.84. The highest BCUT2D eigenvalue weighted by molar-refractivity contribution is 6.42. The number of amides is 2. The van der Waals surface area contributed by atoms with Gasteiger partial charge in [0.25, 0.3) is 0 Å². The fraction of sp³-hybridized carbons (Fsp3) is 0.679. The first-order chi connectivity index (χ1) is 18.2. The van der Waals surface area contributed by atoms with Crippen molar-refractivity contribution in [3.05, 3.63) is 33.8 Å². The van der Waals surface area contributed by atoms with Crippen LogP contribution in [0.15, 0.2) is 18.2 Å². The molecular weight excluding hydrogens is 529 g/mol. The number of likely N-dealkylation sites (N-methyl/N-ethyl adjacent to an activating group) is 1.